The number of aliphatic carboxylic acids is 2. The highest BCUT2D eigenvalue weighted by atomic mass is 16.4. The predicted molar refractivity (Wildman–Crippen MR) is 170 cm³/mol. The van der Waals surface area contributed by atoms with E-state index in [1.54, 1.807) is 6.20 Å². The molecule has 1 aromatic heterocycles. The van der Waals surface area contributed by atoms with E-state index in [1.165, 1.54) is 0 Å². The molecule has 2 rings (SSSR count). The maximum absolute atomic E-state index is 13.5. The molecule has 0 aliphatic heterocycles. The van der Waals surface area contributed by atoms with Crippen LogP contribution in [0.1, 0.15) is 44.1 Å². The van der Waals surface area contributed by atoms with Crippen LogP contribution in [0.3, 0.4) is 0 Å². The molecular weight excluding hydrogens is 602 g/mol. The molecule has 16 N–H and O–H groups in total. The van der Waals surface area contributed by atoms with Crippen LogP contribution in [0.25, 0.3) is 10.9 Å². The van der Waals surface area contributed by atoms with Gasteiger partial charge in [-0.3, -0.25) is 29.2 Å². The molecule has 252 valence electrons. The highest BCUT2D eigenvalue weighted by Gasteiger charge is 2.30. The van der Waals surface area contributed by atoms with Crippen molar-refractivity contribution in [2.45, 2.75) is 69.1 Å². The third kappa shape index (κ3) is 12.7. The third-order valence-corrected chi connectivity index (χ3v) is 6.87. The van der Waals surface area contributed by atoms with Crippen LogP contribution in [-0.4, -0.2) is 94.0 Å². The van der Waals surface area contributed by atoms with E-state index in [0.717, 1.165) is 16.5 Å². The molecule has 18 nitrogen and oxygen atoms in total. The van der Waals surface area contributed by atoms with Crippen molar-refractivity contribution in [2.75, 3.05) is 13.1 Å². The van der Waals surface area contributed by atoms with Gasteiger partial charge in [0.1, 0.15) is 18.1 Å². The zero-order chi connectivity index (χ0) is 34.2. The van der Waals surface area contributed by atoms with Crippen LogP contribution < -0.4 is 44.6 Å². The average molecular weight is 646 g/mol. The van der Waals surface area contributed by atoms with Crippen LogP contribution in [0.2, 0.25) is 0 Å². The van der Waals surface area contributed by atoms with Gasteiger partial charge in [0.05, 0.1) is 6.04 Å². The molecule has 0 saturated carbocycles. The quantitative estimate of drug-likeness (QED) is 0.0406. The number of aromatic nitrogens is 1. The van der Waals surface area contributed by atoms with E-state index in [-0.39, 0.29) is 63.5 Å². The summed E-state index contributed by atoms with van der Waals surface area (Å²) in [4.78, 5) is 73.3. The molecule has 4 atom stereocenters. The van der Waals surface area contributed by atoms with Crippen molar-refractivity contribution in [1.29, 1.82) is 0 Å². The number of nitrogens with one attached hydrogen (secondary N) is 4. The molecule has 4 unspecified atom stereocenters. The highest BCUT2D eigenvalue weighted by Crippen LogP contribution is 2.19. The zero-order valence-electron chi connectivity index (χ0n) is 25.3. The molecule has 3 amide bonds. The van der Waals surface area contributed by atoms with Gasteiger partial charge in [-0.2, -0.15) is 0 Å². The average Bonchev–Trinajstić information content (AvgIpc) is 3.39. The smallest absolute Gasteiger partial charge is 0.326 e. The second-order valence-electron chi connectivity index (χ2n) is 10.5. The number of hydrogen-bond donors (Lipinski definition) is 11. The van der Waals surface area contributed by atoms with E-state index in [0.29, 0.717) is 0 Å². The Hall–Kier alpha value is -5.39. The topological polar surface area (TPSA) is 333 Å². The molecule has 0 aliphatic rings. The maximum Gasteiger partial charge on any atom is 0.326 e. The number of amides is 3. The monoisotopic (exact) mass is 645 g/mol. The molecular formula is C28H43N11O7. The molecule has 0 aliphatic carbocycles. The van der Waals surface area contributed by atoms with E-state index in [1.807, 2.05) is 24.3 Å². The van der Waals surface area contributed by atoms with E-state index >= 15 is 0 Å². The molecule has 2 aromatic rings. The molecule has 0 spiro atoms. The van der Waals surface area contributed by atoms with Crippen LogP contribution in [0.4, 0.5) is 0 Å². The summed E-state index contributed by atoms with van der Waals surface area (Å²) in [5.74, 6) is -5.29. The van der Waals surface area contributed by atoms with Crippen LogP contribution in [-0.2, 0) is 30.4 Å². The number of nitrogens with zero attached hydrogens (tertiary/aromatic N) is 2. The van der Waals surface area contributed by atoms with E-state index in [4.69, 9.17) is 33.8 Å². The fraction of sp³-hybridized carbons (Fsp3) is 0.464. The van der Waals surface area contributed by atoms with E-state index in [9.17, 15) is 29.1 Å². The maximum atomic E-state index is 13.5. The Kier molecular flexibility index (Phi) is 14.7. The number of hydrogen-bond acceptors (Lipinski definition) is 8. The Balaban J connectivity index is 2.22. The number of rotatable bonds is 20. The third-order valence-electron chi connectivity index (χ3n) is 6.87. The molecule has 0 radical (unpaired) electrons. The second kappa shape index (κ2) is 18.4. The number of carboxylic acids is 2. The summed E-state index contributed by atoms with van der Waals surface area (Å²) in [6.45, 7) is 0.250. The van der Waals surface area contributed by atoms with Crippen LogP contribution in [0, 0.1) is 0 Å². The lowest BCUT2D eigenvalue weighted by Gasteiger charge is -2.25. The Morgan fingerprint density at radius 3 is 1.80 bits per heavy atom. The van der Waals surface area contributed by atoms with Gasteiger partial charge in [-0.15, -0.1) is 0 Å². The Labute approximate surface area is 264 Å². The number of carbonyl (C=O) groups excluding carboxylic acids is 3. The van der Waals surface area contributed by atoms with Gasteiger partial charge in [-0.25, -0.2) is 4.79 Å². The van der Waals surface area contributed by atoms with Crippen molar-refractivity contribution < 1.29 is 34.2 Å². The lowest BCUT2D eigenvalue weighted by atomic mass is 10.0. The summed E-state index contributed by atoms with van der Waals surface area (Å²) in [5, 5.41) is 26.8. The largest absolute Gasteiger partial charge is 0.481 e. The van der Waals surface area contributed by atoms with E-state index < -0.39 is 60.2 Å². The van der Waals surface area contributed by atoms with Gasteiger partial charge in [0.15, 0.2) is 11.9 Å². The van der Waals surface area contributed by atoms with Crippen molar-refractivity contribution >= 4 is 52.5 Å². The molecule has 0 fully saturated rings. The zero-order valence-corrected chi connectivity index (χ0v) is 25.3. The minimum Gasteiger partial charge on any atom is -0.481 e. The minimum atomic E-state index is -1.53. The molecule has 0 saturated heterocycles. The Bertz CT molecular complexity index is 1420. The van der Waals surface area contributed by atoms with Crippen LogP contribution >= 0.6 is 0 Å². The van der Waals surface area contributed by atoms with Gasteiger partial charge in [-0.05, 0) is 50.2 Å². The van der Waals surface area contributed by atoms with Gasteiger partial charge in [0.25, 0.3) is 0 Å². The fourth-order valence-corrected chi connectivity index (χ4v) is 4.52. The van der Waals surface area contributed by atoms with Crippen molar-refractivity contribution in [1.82, 2.24) is 20.9 Å². The molecule has 0 bridgehead atoms. The number of carbonyl (C=O) groups is 5. The Morgan fingerprint density at radius 1 is 0.761 bits per heavy atom. The minimum absolute atomic E-state index is 0.0195. The van der Waals surface area contributed by atoms with Crippen LogP contribution in [0.15, 0.2) is 40.4 Å². The second-order valence-corrected chi connectivity index (χ2v) is 10.5. The number of aliphatic imine (C=N–C) groups is 2. The summed E-state index contributed by atoms with van der Waals surface area (Å²) in [7, 11) is 0. The van der Waals surface area contributed by atoms with Gasteiger partial charge >= 0.3 is 11.9 Å². The molecule has 46 heavy (non-hydrogen) atoms. The number of guanidine groups is 2. The number of para-hydroxylation sites is 1. The molecule has 1 heterocycles. The molecule has 18 heteroatoms. The highest BCUT2D eigenvalue weighted by molar-refractivity contribution is 5.94. The lowest BCUT2D eigenvalue weighted by Crippen LogP contribution is -2.57. The van der Waals surface area contributed by atoms with Gasteiger partial charge in [0, 0.05) is 36.6 Å². The predicted octanol–water partition coefficient (Wildman–Crippen LogP) is -2.45. The van der Waals surface area contributed by atoms with Gasteiger partial charge in [-0.1, -0.05) is 18.2 Å². The number of fused-ring (bicyclic) bond motifs is 1. The SMILES string of the molecule is NC(N)=NCCCC(NC(=O)C(N)Cc1c[nH]c2ccccc12)C(=O)NC(CCCN=C(N)N)C(=O)NC(CCC(=O)O)C(=O)O. The molecule has 1 aromatic carbocycles. The van der Waals surface area contributed by atoms with Crippen molar-refractivity contribution in [2.24, 2.45) is 38.7 Å². The first-order valence-corrected chi connectivity index (χ1v) is 14.6. The number of nitrogens with two attached hydrogens (primary N) is 5. The summed E-state index contributed by atoms with van der Waals surface area (Å²) in [6, 6.07) is 2.48. The van der Waals surface area contributed by atoms with Crippen LogP contribution in [0.5, 0.6) is 0 Å². The number of benzene rings is 1. The van der Waals surface area contributed by atoms with Gasteiger partial charge < -0.3 is 59.8 Å². The van der Waals surface area contributed by atoms with Gasteiger partial charge in [0.2, 0.25) is 17.7 Å². The van der Waals surface area contributed by atoms with E-state index in [2.05, 4.69) is 30.9 Å². The normalized spacial score (nSPS) is 13.4. The summed E-state index contributed by atoms with van der Waals surface area (Å²) >= 11 is 0. The van der Waals surface area contributed by atoms with Crippen molar-refractivity contribution in [3.63, 3.8) is 0 Å². The summed E-state index contributed by atoms with van der Waals surface area (Å²) < 4.78 is 0. The number of aromatic amines is 1. The Morgan fingerprint density at radius 2 is 1.28 bits per heavy atom. The number of H-pyrrole nitrogens is 1. The van der Waals surface area contributed by atoms with Crippen molar-refractivity contribution in [3.05, 3.63) is 36.0 Å². The number of carboxylic acid groups (broad SMARTS) is 2. The fourth-order valence-electron chi connectivity index (χ4n) is 4.52. The first-order chi connectivity index (χ1) is 21.8. The summed E-state index contributed by atoms with van der Waals surface area (Å²) in [6.07, 6.45) is 1.54. The van der Waals surface area contributed by atoms with Crippen molar-refractivity contribution in [3.8, 4) is 0 Å². The summed E-state index contributed by atoms with van der Waals surface area (Å²) in [5.41, 5.74) is 29.4. The lowest BCUT2D eigenvalue weighted by molar-refractivity contribution is -0.143. The first kappa shape index (κ1) is 36.8. The first-order valence-electron chi connectivity index (χ1n) is 14.6. The standard InChI is InChI=1S/C28H43N11O7/c29-17(13-15-14-36-18-6-2-1-5-16(15)18)23(42)37-19(7-3-11-34-27(30)31)24(43)38-20(8-4-12-35-28(32)33)25(44)39-21(26(45)46)9-10-22(40)41/h1-2,5-6,14,17,19-21,36H,3-4,7-13,29H2,(H,37,42)(H,38,43)(H,39,44)(H,40,41)(H,45,46)(H4,30,31,34)(H4,32,33,35).